The quantitative estimate of drug-likeness (QED) is 0.849. The largest absolute Gasteiger partial charge is 0.424 e. The molecular weight excluding hydrogens is 355 g/mol. The molecule has 1 heterocycles. The number of thiazole rings is 1. The van der Waals surface area contributed by atoms with Gasteiger partial charge in [0.15, 0.2) is 0 Å². The Kier molecular flexibility index (Phi) is 5.45. The number of rotatable bonds is 5. The molecule has 0 radical (unpaired) electrons. The van der Waals surface area contributed by atoms with Crippen molar-refractivity contribution in [3.8, 4) is 6.07 Å². The van der Waals surface area contributed by atoms with Gasteiger partial charge in [0.25, 0.3) is 0 Å². The van der Waals surface area contributed by atoms with E-state index in [0.717, 1.165) is 0 Å². The third kappa shape index (κ3) is 4.35. The first-order valence-corrected chi connectivity index (χ1v) is 8.01. The van der Waals surface area contributed by atoms with Crippen LogP contribution < -0.4 is 5.32 Å². The van der Waals surface area contributed by atoms with E-state index in [9.17, 15) is 23.1 Å². The zero-order chi connectivity index (χ0) is 18.7. The highest BCUT2D eigenvalue weighted by atomic mass is 32.1. The predicted molar refractivity (Wildman–Crippen MR) is 84.4 cm³/mol. The highest BCUT2D eigenvalue weighted by Crippen LogP contribution is 2.42. The summed E-state index contributed by atoms with van der Waals surface area (Å²) in [5.41, 5.74) is -1.95. The number of nitrogens with zero attached hydrogens (tertiary/aromatic N) is 2. The van der Waals surface area contributed by atoms with E-state index in [4.69, 9.17) is 5.26 Å². The Morgan fingerprint density at radius 1 is 1.36 bits per heavy atom. The molecule has 2 rings (SSSR count). The molecule has 0 unspecified atom stereocenters. The van der Waals surface area contributed by atoms with E-state index in [1.54, 1.807) is 12.1 Å². The van der Waals surface area contributed by atoms with Gasteiger partial charge < -0.3 is 10.4 Å². The lowest BCUT2D eigenvalue weighted by Gasteiger charge is -2.27. The summed E-state index contributed by atoms with van der Waals surface area (Å²) in [4.78, 5) is 15.6. The molecule has 1 aromatic carbocycles. The number of aliphatic hydroxyl groups is 1. The molecule has 0 aliphatic heterocycles. The molecule has 0 aliphatic carbocycles. The number of nitriles is 1. The lowest BCUT2D eigenvalue weighted by Crippen LogP contribution is -2.46. The van der Waals surface area contributed by atoms with Crippen LogP contribution >= 0.6 is 11.3 Å². The molecule has 2 aromatic rings. The van der Waals surface area contributed by atoms with Gasteiger partial charge in [0.05, 0.1) is 18.1 Å². The molecular formula is C16H14F3N3O2S. The fourth-order valence-corrected chi connectivity index (χ4v) is 2.95. The van der Waals surface area contributed by atoms with Crippen molar-refractivity contribution in [2.45, 2.75) is 31.7 Å². The van der Waals surface area contributed by atoms with Crippen LogP contribution in [0.1, 0.15) is 28.2 Å². The number of hydrogen-bond donors (Lipinski definition) is 2. The summed E-state index contributed by atoms with van der Waals surface area (Å²) in [5, 5.41) is 21.9. The average Bonchev–Trinajstić information content (AvgIpc) is 2.99. The van der Waals surface area contributed by atoms with Crippen LogP contribution in [-0.2, 0) is 16.9 Å². The first kappa shape index (κ1) is 18.9. The lowest BCUT2D eigenvalue weighted by molar-refractivity contribution is -0.267. The molecule has 132 valence electrons. The Bertz CT molecular complexity index is 796. The van der Waals surface area contributed by atoms with Crippen LogP contribution in [0.5, 0.6) is 0 Å². The second kappa shape index (κ2) is 7.21. The Labute approximate surface area is 145 Å². The number of hydrogen-bond acceptors (Lipinski definition) is 5. The molecule has 2 N–H and O–H groups in total. The molecule has 0 saturated heterocycles. The van der Waals surface area contributed by atoms with E-state index in [1.807, 2.05) is 6.07 Å². The molecule has 9 heteroatoms. The van der Waals surface area contributed by atoms with E-state index in [1.165, 1.54) is 24.4 Å². The molecule has 0 spiro atoms. The van der Waals surface area contributed by atoms with E-state index >= 15 is 0 Å². The molecule has 1 atom stereocenters. The lowest BCUT2D eigenvalue weighted by atomic mass is 9.99. The highest BCUT2D eigenvalue weighted by Gasteiger charge is 2.58. The summed E-state index contributed by atoms with van der Waals surface area (Å²) in [7, 11) is 0. The molecule has 1 amide bonds. The van der Waals surface area contributed by atoms with Gasteiger partial charge in [0.2, 0.25) is 11.5 Å². The van der Waals surface area contributed by atoms with E-state index in [-0.39, 0.29) is 6.54 Å². The number of alkyl halides is 3. The second-order valence-electron chi connectivity index (χ2n) is 5.41. The molecule has 25 heavy (non-hydrogen) atoms. The van der Waals surface area contributed by atoms with Crippen LogP contribution in [0.2, 0.25) is 0 Å². The van der Waals surface area contributed by atoms with Crippen LogP contribution in [0.15, 0.2) is 29.6 Å². The number of aromatic nitrogens is 1. The summed E-state index contributed by atoms with van der Waals surface area (Å²) < 4.78 is 39.9. The second-order valence-corrected chi connectivity index (χ2v) is 6.27. The maximum absolute atomic E-state index is 13.3. The third-order valence-electron chi connectivity index (χ3n) is 3.43. The number of nitrogens with one attached hydrogen (secondary N) is 1. The molecule has 5 nitrogen and oxygen atoms in total. The summed E-state index contributed by atoms with van der Waals surface area (Å²) >= 11 is 0.652. The van der Waals surface area contributed by atoms with Gasteiger partial charge in [-0.15, -0.1) is 11.3 Å². The van der Waals surface area contributed by atoms with Gasteiger partial charge >= 0.3 is 6.18 Å². The fourth-order valence-electron chi connectivity index (χ4n) is 2.03. The van der Waals surface area contributed by atoms with Crippen LogP contribution in [-0.4, -0.2) is 22.2 Å². The highest BCUT2D eigenvalue weighted by molar-refractivity contribution is 7.09. The molecule has 0 fully saturated rings. The van der Waals surface area contributed by atoms with Crippen molar-refractivity contribution < 1.29 is 23.1 Å². The summed E-state index contributed by atoms with van der Waals surface area (Å²) in [6.45, 7) is 1.48. The van der Waals surface area contributed by atoms with Gasteiger partial charge in [-0.3, -0.25) is 4.79 Å². The number of aryl methyl sites for hydroxylation is 1. The molecule has 1 aromatic heterocycles. The normalized spacial score (nSPS) is 13.8. The van der Waals surface area contributed by atoms with Gasteiger partial charge in [-0.05, 0) is 24.6 Å². The molecule has 0 aliphatic rings. The van der Waals surface area contributed by atoms with E-state index < -0.39 is 29.1 Å². The van der Waals surface area contributed by atoms with Gasteiger partial charge in [-0.1, -0.05) is 12.1 Å². The topological polar surface area (TPSA) is 86.0 Å². The van der Waals surface area contributed by atoms with Crippen molar-refractivity contribution in [2.75, 3.05) is 0 Å². The number of amides is 1. The Hall–Kier alpha value is -2.44. The van der Waals surface area contributed by atoms with Crippen molar-refractivity contribution in [1.29, 1.82) is 5.26 Å². The average molecular weight is 369 g/mol. The Morgan fingerprint density at radius 3 is 2.48 bits per heavy atom. The standard InChI is InChI=1S/C16H14F3N3O2S/c1-10-9-25-14(22-10)15(24,16(17,18)19)6-13(23)21-8-12-4-2-11(7-20)3-5-12/h2-5,9,24H,6,8H2,1H3,(H,21,23)/t15-/m0/s1. The maximum Gasteiger partial charge on any atom is 0.424 e. The minimum Gasteiger partial charge on any atom is -0.374 e. The van der Waals surface area contributed by atoms with Crippen molar-refractivity contribution in [1.82, 2.24) is 10.3 Å². The SMILES string of the molecule is Cc1csc([C@@](O)(CC(=O)NCc2ccc(C#N)cc2)C(F)(F)F)n1. The third-order valence-corrected chi connectivity index (χ3v) is 4.54. The summed E-state index contributed by atoms with van der Waals surface area (Å²) in [6.07, 6.45) is -6.22. The minimum atomic E-state index is -5.04. The van der Waals surface area contributed by atoms with Crippen molar-refractivity contribution in [2.24, 2.45) is 0 Å². The van der Waals surface area contributed by atoms with Crippen LogP contribution in [0.4, 0.5) is 13.2 Å². The Morgan fingerprint density at radius 2 is 2.00 bits per heavy atom. The van der Waals surface area contributed by atoms with E-state index in [2.05, 4.69) is 10.3 Å². The summed E-state index contributed by atoms with van der Waals surface area (Å²) in [6, 6.07) is 8.17. The first-order valence-electron chi connectivity index (χ1n) is 7.13. The minimum absolute atomic E-state index is 0.0185. The fraction of sp³-hybridized carbons (Fsp3) is 0.312. The number of carbonyl (C=O) groups excluding carboxylic acids is 1. The predicted octanol–water partition coefficient (Wildman–Crippen LogP) is 2.78. The number of carbonyl (C=O) groups is 1. The molecule has 0 saturated carbocycles. The first-order chi connectivity index (χ1) is 11.7. The monoisotopic (exact) mass is 369 g/mol. The van der Waals surface area contributed by atoms with E-state index in [0.29, 0.717) is 28.2 Å². The van der Waals surface area contributed by atoms with Crippen LogP contribution in [0.25, 0.3) is 0 Å². The zero-order valence-corrected chi connectivity index (χ0v) is 13.9. The van der Waals surface area contributed by atoms with Gasteiger partial charge in [-0.25, -0.2) is 4.98 Å². The van der Waals surface area contributed by atoms with Gasteiger partial charge in [0, 0.05) is 17.6 Å². The van der Waals surface area contributed by atoms with Gasteiger partial charge in [0.1, 0.15) is 5.01 Å². The van der Waals surface area contributed by atoms with Crippen molar-refractivity contribution in [3.63, 3.8) is 0 Å². The number of benzene rings is 1. The van der Waals surface area contributed by atoms with Gasteiger partial charge in [-0.2, -0.15) is 18.4 Å². The van der Waals surface area contributed by atoms with Crippen molar-refractivity contribution in [3.05, 3.63) is 51.5 Å². The van der Waals surface area contributed by atoms with Crippen LogP contribution in [0, 0.1) is 18.3 Å². The summed E-state index contributed by atoms with van der Waals surface area (Å²) in [5.74, 6) is -0.961. The maximum atomic E-state index is 13.3. The van der Waals surface area contributed by atoms with Crippen molar-refractivity contribution >= 4 is 17.2 Å². The zero-order valence-electron chi connectivity index (χ0n) is 13.1. The molecule has 0 bridgehead atoms. The Balaban J connectivity index is 2.08. The number of halogens is 3. The van der Waals surface area contributed by atoms with Crippen LogP contribution in [0.3, 0.4) is 0 Å². The smallest absolute Gasteiger partial charge is 0.374 e.